The average Bonchev–Trinajstić information content (AvgIpc) is 3.12. The number of carbonyl (C=O) groups is 1. The lowest BCUT2D eigenvalue weighted by Gasteiger charge is -2.20. The second-order valence-corrected chi connectivity index (χ2v) is 15.5. The predicted molar refractivity (Wildman–Crippen MR) is 145 cm³/mol. The maximum absolute atomic E-state index is 14.0. The minimum absolute atomic E-state index is 0.0639. The summed E-state index contributed by atoms with van der Waals surface area (Å²) in [5.74, 6) is 0.332. The lowest BCUT2D eigenvalue weighted by atomic mass is 9.89. The molecular weight excluding hydrogens is 472 g/mol. The summed E-state index contributed by atoms with van der Waals surface area (Å²) in [5, 5.41) is 12.0. The zero-order valence-electron chi connectivity index (χ0n) is 21.0. The average molecular weight is 503 g/mol. The van der Waals surface area contributed by atoms with Gasteiger partial charge in [0.25, 0.3) is 11.6 Å². The number of hydrogen-bond acceptors (Lipinski definition) is 5. The minimum atomic E-state index is -1.29. The normalized spacial score (nSPS) is 14.6. The Hall–Kier alpha value is -3.75. The highest BCUT2D eigenvalue weighted by atomic mass is 28.3. The number of carbonyl (C=O) groups excluding carboxylic acids is 1. The molecule has 0 N–H and O–H groups in total. The number of ether oxygens (including phenoxy) is 2. The van der Waals surface area contributed by atoms with E-state index in [4.69, 9.17) is 9.47 Å². The molecule has 1 heterocycles. The van der Waals surface area contributed by atoms with Gasteiger partial charge < -0.3 is 9.47 Å². The Morgan fingerprint density at radius 2 is 1.69 bits per heavy atom. The van der Waals surface area contributed by atoms with Crippen LogP contribution in [0.2, 0.25) is 25.7 Å². The lowest BCUT2D eigenvalue weighted by Crippen LogP contribution is -2.31. The summed E-state index contributed by atoms with van der Waals surface area (Å²) in [6.07, 6.45) is 0. The Morgan fingerprint density at radius 3 is 2.36 bits per heavy atom. The zero-order chi connectivity index (χ0) is 25.9. The van der Waals surface area contributed by atoms with Crippen molar-refractivity contribution in [3.05, 3.63) is 99.6 Å². The fourth-order valence-electron chi connectivity index (χ4n) is 4.22. The number of nitrogens with zero attached hydrogens (tertiary/aromatic N) is 2. The van der Waals surface area contributed by atoms with Gasteiger partial charge in [-0.1, -0.05) is 62.1 Å². The molecule has 3 aromatic carbocycles. The van der Waals surface area contributed by atoms with E-state index in [9.17, 15) is 14.9 Å². The van der Waals surface area contributed by atoms with Gasteiger partial charge in [-0.2, -0.15) is 0 Å². The van der Waals surface area contributed by atoms with E-state index in [0.29, 0.717) is 45.9 Å². The molecule has 0 saturated carbocycles. The highest BCUT2D eigenvalue weighted by Gasteiger charge is 2.37. The summed E-state index contributed by atoms with van der Waals surface area (Å²) >= 11 is 0. The fraction of sp³-hybridized carbons (Fsp3) is 0.250. The summed E-state index contributed by atoms with van der Waals surface area (Å²) in [6.45, 7) is 7.50. The van der Waals surface area contributed by atoms with Crippen LogP contribution in [0.25, 0.3) is 11.1 Å². The standard InChI is InChI=1S/C28H30N2O5Si/c1-34-21-14-15-24-23(18-21)27(28(31)29(24)19-35-16-17-36(2,3)4)26(20-10-6-5-7-11-20)22-12-8-9-13-25(22)30(32)33/h5-15,18H,16-17,19H2,1-4H3/b27-26-. The van der Waals surface area contributed by atoms with Crippen LogP contribution in [0.1, 0.15) is 16.7 Å². The molecule has 36 heavy (non-hydrogen) atoms. The number of hydrogen-bond donors (Lipinski definition) is 0. The highest BCUT2D eigenvalue weighted by Crippen LogP contribution is 2.45. The molecule has 1 aliphatic heterocycles. The third-order valence-corrected chi connectivity index (χ3v) is 7.83. The van der Waals surface area contributed by atoms with Gasteiger partial charge in [0.2, 0.25) is 0 Å². The number of fused-ring (bicyclic) bond motifs is 1. The number of benzene rings is 3. The lowest BCUT2D eigenvalue weighted by molar-refractivity contribution is -0.385. The highest BCUT2D eigenvalue weighted by molar-refractivity contribution is 6.76. The van der Waals surface area contributed by atoms with Crippen molar-refractivity contribution in [3.8, 4) is 5.75 Å². The summed E-state index contributed by atoms with van der Waals surface area (Å²) in [5.41, 5.74) is 3.27. The smallest absolute Gasteiger partial charge is 0.277 e. The molecule has 0 unspecified atom stereocenters. The van der Waals surface area contributed by atoms with Gasteiger partial charge >= 0.3 is 0 Å². The monoisotopic (exact) mass is 502 g/mol. The Bertz CT molecular complexity index is 1320. The SMILES string of the molecule is COc1ccc2c(c1)/C(=C(\c1ccccc1)c1ccccc1[N+](=O)[O-])C(=O)N2COCC[Si](C)(C)C. The van der Waals surface area contributed by atoms with Crippen LogP contribution < -0.4 is 9.64 Å². The van der Waals surface area contributed by atoms with Crippen LogP contribution in [0.3, 0.4) is 0 Å². The van der Waals surface area contributed by atoms with Gasteiger partial charge in [0.1, 0.15) is 12.5 Å². The summed E-state index contributed by atoms with van der Waals surface area (Å²) in [7, 11) is 0.279. The molecule has 1 aliphatic rings. The molecule has 0 fully saturated rings. The molecule has 0 radical (unpaired) electrons. The third kappa shape index (κ3) is 5.24. The van der Waals surface area contributed by atoms with Gasteiger partial charge in [0.15, 0.2) is 0 Å². The number of amides is 1. The molecule has 0 aromatic heterocycles. The molecule has 186 valence electrons. The first-order chi connectivity index (χ1) is 17.2. The van der Waals surface area contributed by atoms with Crippen LogP contribution in [-0.2, 0) is 9.53 Å². The number of anilines is 1. The molecule has 7 nitrogen and oxygen atoms in total. The van der Waals surface area contributed by atoms with E-state index < -0.39 is 13.0 Å². The predicted octanol–water partition coefficient (Wildman–Crippen LogP) is 6.22. The van der Waals surface area contributed by atoms with Gasteiger partial charge in [-0.25, -0.2) is 0 Å². The van der Waals surface area contributed by atoms with Crippen molar-refractivity contribution in [2.45, 2.75) is 25.7 Å². The summed E-state index contributed by atoms with van der Waals surface area (Å²) in [4.78, 5) is 27.2. The quantitative estimate of drug-likeness (QED) is 0.114. The van der Waals surface area contributed by atoms with Crippen LogP contribution in [0.15, 0.2) is 72.8 Å². The van der Waals surface area contributed by atoms with Crippen molar-refractivity contribution in [1.29, 1.82) is 0 Å². The molecule has 0 atom stereocenters. The minimum Gasteiger partial charge on any atom is -0.497 e. The van der Waals surface area contributed by atoms with Crippen LogP contribution in [0.4, 0.5) is 11.4 Å². The first-order valence-electron chi connectivity index (χ1n) is 11.8. The van der Waals surface area contributed by atoms with E-state index in [2.05, 4.69) is 19.6 Å². The van der Waals surface area contributed by atoms with Gasteiger partial charge in [-0.3, -0.25) is 19.8 Å². The van der Waals surface area contributed by atoms with Gasteiger partial charge in [-0.05, 0) is 35.9 Å². The van der Waals surface area contributed by atoms with Crippen LogP contribution in [0, 0.1) is 10.1 Å². The van der Waals surface area contributed by atoms with E-state index >= 15 is 0 Å². The van der Waals surface area contributed by atoms with E-state index in [-0.39, 0.29) is 18.3 Å². The van der Waals surface area contributed by atoms with E-state index in [0.717, 1.165) is 6.04 Å². The number of rotatable bonds is 9. The Labute approximate surface area is 212 Å². The van der Waals surface area contributed by atoms with E-state index in [1.54, 1.807) is 36.3 Å². The molecule has 0 aliphatic carbocycles. The third-order valence-electron chi connectivity index (χ3n) is 6.12. The topological polar surface area (TPSA) is 81.9 Å². The largest absolute Gasteiger partial charge is 0.497 e. The van der Waals surface area contributed by atoms with Crippen molar-refractivity contribution >= 4 is 36.5 Å². The Kier molecular flexibility index (Phi) is 7.37. The molecule has 0 saturated heterocycles. The number of nitro groups is 1. The maximum atomic E-state index is 14.0. The molecule has 4 rings (SSSR count). The number of methoxy groups -OCH3 is 1. The van der Waals surface area contributed by atoms with Crippen LogP contribution in [-0.4, -0.2) is 39.4 Å². The first kappa shape index (κ1) is 25.3. The van der Waals surface area contributed by atoms with Gasteiger partial charge in [0, 0.05) is 31.9 Å². The van der Waals surface area contributed by atoms with Crippen molar-refractivity contribution in [1.82, 2.24) is 0 Å². The van der Waals surface area contributed by atoms with E-state index in [1.807, 2.05) is 42.5 Å². The van der Waals surface area contributed by atoms with E-state index in [1.165, 1.54) is 6.07 Å². The Balaban J connectivity index is 1.91. The van der Waals surface area contributed by atoms with Crippen molar-refractivity contribution < 1.29 is 19.2 Å². The Morgan fingerprint density at radius 1 is 1.00 bits per heavy atom. The second kappa shape index (κ2) is 10.5. The van der Waals surface area contributed by atoms with Crippen molar-refractivity contribution in [3.63, 3.8) is 0 Å². The van der Waals surface area contributed by atoms with Gasteiger partial charge in [-0.15, -0.1) is 0 Å². The van der Waals surface area contributed by atoms with Crippen molar-refractivity contribution in [2.24, 2.45) is 0 Å². The van der Waals surface area contributed by atoms with Crippen LogP contribution >= 0.6 is 0 Å². The fourth-order valence-corrected chi connectivity index (χ4v) is 4.98. The molecule has 1 amide bonds. The molecule has 8 heteroatoms. The number of nitro benzene ring substituents is 1. The maximum Gasteiger partial charge on any atom is 0.277 e. The van der Waals surface area contributed by atoms with Crippen molar-refractivity contribution in [2.75, 3.05) is 25.3 Å². The zero-order valence-corrected chi connectivity index (χ0v) is 22.0. The number of para-hydroxylation sites is 1. The molecule has 0 spiro atoms. The second-order valence-electron chi connectivity index (χ2n) is 9.85. The van der Waals surface area contributed by atoms with Crippen LogP contribution in [0.5, 0.6) is 5.75 Å². The summed E-state index contributed by atoms with van der Waals surface area (Å²) in [6, 6.07) is 22.3. The van der Waals surface area contributed by atoms with Gasteiger partial charge in [0.05, 0.1) is 28.9 Å². The molecular formula is C28H30N2O5Si. The first-order valence-corrected chi connectivity index (χ1v) is 15.5. The summed E-state index contributed by atoms with van der Waals surface area (Å²) < 4.78 is 11.4. The molecule has 3 aromatic rings. The molecule has 0 bridgehead atoms.